The zero-order valence-electron chi connectivity index (χ0n) is 4.11. The molecule has 0 aromatic rings. The molecule has 0 aromatic carbocycles. The van der Waals surface area contributed by atoms with Gasteiger partial charge in [0.05, 0.1) is 0 Å². The highest BCUT2D eigenvalue weighted by Crippen LogP contribution is 1.68. The van der Waals surface area contributed by atoms with Crippen molar-refractivity contribution in [2.24, 2.45) is 0 Å². The highest BCUT2D eigenvalue weighted by Gasteiger charge is 1.69. The van der Waals surface area contributed by atoms with Gasteiger partial charge in [-0.25, -0.2) is 0 Å². The molecule has 2 heteroatoms. The third-order valence-electron chi connectivity index (χ3n) is 0.526. The van der Waals surface area contributed by atoms with E-state index in [1.807, 2.05) is 9.85 Å². The second-order valence-electron chi connectivity index (χ2n) is 1.07. The molecule has 0 aliphatic carbocycles. The summed E-state index contributed by atoms with van der Waals surface area (Å²) in [5.41, 5.74) is 2.11. The van der Waals surface area contributed by atoms with Gasteiger partial charge in [-0.3, -0.25) is 0 Å². The molecule has 0 amide bonds. The smallest absolute Gasteiger partial charge is 0.0492 e. The molecule has 0 fully saturated rings. The predicted molar refractivity (Wildman–Crippen MR) is 31.1 cm³/mol. The quantitative estimate of drug-likeness (QED) is 0.343. The summed E-state index contributed by atoms with van der Waals surface area (Å²) in [6, 6.07) is 0. The van der Waals surface area contributed by atoms with E-state index in [9.17, 15) is 0 Å². The topological polar surface area (TPSA) is 9.23 Å². The average Bonchev–Trinajstić information content (AvgIpc) is 1.61. The first-order valence-electron chi connectivity index (χ1n) is 2.01. The van der Waals surface area contributed by atoms with Crippen molar-refractivity contribution in [3.63, 3.8) is 0 Å². The summed E-state index contributed by atoms with van der Waals surface area (Å²) in [7, 11) is 3.58. The van der Waals surface area contributed by atoms with Gasteiger partial charge in [-0.2, -0.15) is 0 Å². The van der Waals surface area contributed by atoms with Crippen molar-refractivity contribution in [3.8, 4) is 0 Å². The van der Waals surface area contributed by atoms with Crippen molar-refractivity contribution >= 4 is 15.5 Å². The molecule has 0 N–H and O–H groups in total. The normalized spacial score (nSPS) is 8.17. The van der Waals surface area contributed by atoms with Crippen molar-refractivity contribution in [3.05, 3.63) is 0 Å². The Morgan fingerprint density at radius 3 is 2.67 bits per heavy atom. The van der Waals surface area contributed by atoms with E-state index < -0.39 is 0 Å². The molecule has 0 unspecified atom stereocenters. The van der Waals surface area contributed by atoms with E-state index in [1.165, 1.54) is 0 Å². The lowest BCUT2D eigenvalue weighted by Gasteiger charge is -1.86. The third-order valence-corrected chi connectivity index (χ3v) is 0.934. The van der Waals surface area contributed by atoms with Crippen LogP contribution in [-0.2, 0) is 4.74 Å². The zero-order valence-corrected chi connectivity index (χ0v) is 5.52. The molecule has 1 nitrogen and oxygen atoms in total. The summed E-state index contributed by atoms with van der Waals surface area (Å²) in [5, 5.41) is 0. The molecule has 0 heterocycles. The molecule has 0 bridgehead atoms. The van der Waals surface area contributed by atoms with E-state index in [4.69, 9.17) is 4.74 Å². The number of ether oxygens (including phenoxy) is 1. The Labute approximate surface area is 41.4 Å². The summed E-state index contributed by atoms with van der Waals surface area (Å²) < 4.78 is 4.76. The Morgan fingerprint density at radius 1 is 1.83 bits per heavy atom. The fourth-order valence-corrected chi connectivity index (χ4v) is 0.368. The lowest BCUT2D eigenvalue weighted by atomic mass is 10.5. The lowest BCUT2D eigenvalue weighted by Crippen LogP contribution is -1.87. The first kappa shape index (κ1) is 6.05. The predicted octanol–water partition coefficient (Wildman–Crippen LogP) is -0.542. The maximum absolute atomic E-state index is 4.76. The molecule has 0 saturated carbocycles. The van der Waals surface area contributed by atoms with Crippen molar-refractivity contribution in [2.75, 3.05) is 13.7 Å². The zero-order chi connectivity index (χ0) is 4.83. The van der Waals surface area contributed by atoms with E-state index in [1.54, 1.807) is 7.11 Å². The Hall–Kier alpha value is 0.0469. The summed E-state index contributed by atoms with van der Waals surface area (Å²) in [6.45, 7) is 0.865. The van der Waals surface area contributed by atoms with E-state index in [2.05, 4.69) is 5.67 Å². The van der Waals surface area contributed by atoms with Crippen LogP contribution in [-0.4, -0.2) is 29.2 Å². The molecule has 0 radical (unpaired) electrons. The number of rotatable bonds is 3. The van der Waals surface area contributed by atoms with Gasteiger partial charge in [-0.1, -0.05) is 0 Å². The van der Waals surface area contributed by atoms with Crippen LogP contribution in [0.15, 0.2) is 0 Å². The number of hydrogen-bond donors (Lipinski definition) is 0. The van der Waals surface area contributed by atoms with Crippen LogP contribution in [0.3, 0.4) is 0 Å². The largest absolute Gasteiger partial charge is 0.384 e. The van der Waals surface area contributed by atoms with E-state index in [-0.39, 0.29) is 0 Å². The van der Waals surface area contributed by atoms with Gasteiger partial charge in [-0.15, -0.1) is 5.67 Å². The van der Waals surface area contributed by atoms with Crippen LogP contribution in [0.1, 0.15) is 6.42 Å². The van der Waals surface area contributed by atoms with E-state index in [0.717, 1.165) is 13.0 Å². The van der Waals surface area contributed by atoms with Gasteiger partial charge in [0.25, 0.3) is 0 Å². The molecule has 0 rings (SSSR count). The SMILES string of the molecule is COCCC=[SiH2]. The van der Waals surface area contributed by atoms with Crippen LogP contribution in [0.2, 0.25) is 0 Å². The van der Waals surface area contributed by atoms with Crippen LogP contribution in [0.5, 0.6) is 0 Å². The molecule has 36 valence electrons. The Morgan fingerprint density at radius 2 is 2.50 bits per heavy atom. The molecular formula is C4H10OSi. The van der Waals surface area contributed by atoms with Gasteiger partial charge in [0, 0.05) is 13.7 Å². The van der Waals surface area contributed by atoms with Crippen LogP contribution in [0, 0.1) is 0 Å². The highest BCUT2D eigenvalue weighted by atomic mass is 28.1. The maximum Gasteiger partial charge on any atom is 0.0492 e. The van der Waals surface area contributed by atoms with E-state index in [0.29, 0.717) is 0 Å². The van der Waals surface area contributed by atoms with Crippen LogP contribution < -0.4 is 0 Å². The van der Waals surface area contributed by atoms with Gasteiger partial charge in [0.15, 0.2) is 0 Å². The minimum atomic E-state index is 0.865. The van der Waals surface area contributed by atoms with Gasteiger partial charge in [-0.05, 0) is 16.3 Å². The molecular weight excluding hydrogens is 92.1 g/mol. The maximum atomic E-state index is 4.76. The average molecular weight is 102 g/mol. The molecule has 0 spiro atoms. The van der Waals surface area contributed by atoms with Crippen molar-refractivity contribution in [2.45, 2.75) is 6.42 Å². The third kappa shape index (κ3) is 4.05. The lowest BCUT2D eigenvalue weighted by molar-refractivity contribution is 0.208. The van der Waals surface area contributed by atoms with Crippen molar-refractivity contribution < 1.29 is 4.74 Å². The fraction of sp³-hybridized carbons (Fsp3) is 0.750. The number of methoxy groups -OCH3 is 1. The second-order valence-corrected chi connectivity index (χ2v) is 1.65. The van der Waals surface area contributed by atoms with Crippen LogP contribution >= 0.6 is 0 Å². The van der Waals surface area contributed by atoms with Crippen LogP contribution in [0.4, 0.5) is 0 Å². The molecule has 0 aliphatic rings. The molecule has 0 aliphatic heterocycles. The molecule has 0 atom stereocenters. The van der Waals surface area contributed by atoms with Gasteiger partial charge in [0.2, 0.25) is 0 Å². The first-order chi connectivity index (χ1) is 2.91. The fourth-order valence-electron chi connectivity index (χ4n) is 0.201. The van der Waals surface area contributed by atoms with E-state index >= 15 is 0 Å². The summed E-state index contributed by atoms with van der Waals surface area (Å²) in [5.74, 6) is 0. The summed E-state index contributed by atoms with van der Waals surface area (Å²) in [4.78, 5) is 0. The Balaban J connectivity index is 2.49. The van der Waals surface area contributed by atoms with Crippen molar-refractivity contribution in [1.29, 1.82) is 0 Å². The first-order valence-corrected chi connectivity index (χ1v) is 2.83. The van der Waals surface area contributed by atoms with Gasteiger partial charge in [0.1, 0.15) is 0 Å². The highest BCUT2D eigenvalue weighted by molar-refractivity contribution is 6.27. The standard InChI is InChI=1S/C4H10OSi/c1-5-3-2-4-6/h4H,2-3,6H2,1H3. The Bertz CT molecular complexity index is 36.5. The Kier molecular flexibility index (Phi) is 5.09. The molecule has 0 aromatic heterocycles. The van der Waals surface area contributed by atoms with Gasteiger partial charge < -0.3 is 4.74 Å². The van der Waals surface area contributed by atoms with Gasteiger partial charge >= 0.3 is 0 Å². The van der Waals surface area contributed by atoms with Crippen molar-refractivity contribution in [1.82, 2.24) is 0 Å². The molecule has 0 saturated heterocycles. The monoisotopic (exact) mass is 102 g/mol. The van der Waals surface area contributed by atoms with Crippen LogP contribution in [0.25, 0.3) is 0 Å². The molecule has 6 heavy (non-hydrogen) atoms. The summed E-state index contributed by atoms with van der Waals surface area (Å²) >= 11 is 0. The minimum Gasteiger partial charge on any atom is -0.384 e. The summed E-state index contributed by atoms with van der Waals surface area (Å²) in [6.07, 6.45) is 1.08. The minimum absolute atomic E-state index is 0.865. The second kappa shape index (κ2) is 5.05. The number of hydrogen-bond acceptors (Lipinski definition) is 1.